The van der Waals surface area contributed by atoms with E-state index in [4.69, 9.17) is 4.74 Å². The molecule has 0 saturated heterocycles. The summed E-state index contributed by atoms with van der Waals surface area (Å²) in [6, 6.07) is 6.11. The Morgan fingerprint density at radius 3 is 2.56 bits per heavy atom. The van der Waals surface area contributed by atoms with Crippen molar-refractivity contribution in [2.75, 3.05) is 24.0 Å². The Labute approximate surface area is 152 Å². The second-order valence-electron chi connectivity index (χ2n) is 5.48. The molecule has 134 valence electrons. The largest absolute Gasteiger partial charge is 0.496 e. The van der Waals surface area contributed by atoms with Crippen molar-refractivity contribution >= 4 is 29.6 Å². The van der Waals surface area contributed by atoms with E-state index in [1.54, 1.807) is 7.11 Å². The Hall–Kier alpha value is -2.35. The molecule has 1 amide bonds. The van der Waals surface area contributed by atoms with Crippen LogP contribution in [0.4, 0.5) is 11.9 Å². The molecule has 0 bridgehead atoms. The summed E-state index contributed by atoms with van der Waals surface area (Å²) < 4.78 is 5.32. The van der Waals surface area contributed by atoms with Crippen molar-refractivity contribution in [2.45, 2.75) is 38.4 Å². The topological polar surface area (TPSA) is 89.0 Å². The minimum atomic E-state index is -0.220. The molecule has 1 heterocycles. The monoisotopic (exact) mass is 361 g/mol. The van der Waals surface area contributed by atoms with E-state index in [0.29, 0.717) is 11.1 Å². The predicted octanol–water partition coefficient (Wildman–Crippen LogP) is 3.43. The van der Waals surface area contributed by atoms with Crippen molar-refractivity contribution in [3.05, 3.63) is 29.3 Å². The Morgan fingerprint density at radius 1 is 1.28 bits per heavy atom. The van der Waals surface area contributed by atoms with Crippen molar-refractivity contribution < 1.29 is 9.53 Å². The molecule has 0 aliphatic heterocycles. The molecule has 1 aromatic carbocycles. The molecule has 0 radical (unpaired) electrons. The number of hydrogen-bond acceptors (Lipinski definition) is 7. The first-order chi connectivity index (χ1) is 12.0. The number of nitrogens with one attached hydrogen (secondary N) is 2. The maximum atomic E-state index is 11.3. The van der Waals surface area contributed by atoms with Gasteiger partial charge in [0.05, 0.1) is 13.2 Å². The zero-order valence-electron chi connectivity index (χ0n) is 15.1. The van der Waals surface area contributed by atoms with Gasteiger partial charge in [-0.15, -0.1) is 0 Å². The first kappa shape index (κ1) is 19.0. The van der Waals surface area contributed by atoms with Crippen LogP contribution in [0.1, 0.15) is 37.4 Å². The SMILES string of the molecule is CCC(Nc1nc(NC(C)=O)nc(SC)n1)c1ccc(OC)c(C)c1. The van der Waals surface area contributed by atoms with E-state index in [0.717, 1.165) is 23.3 Å². The Balaban J connectivity index is 2.28. The number of nitrogens with zero attached hydrogens (tertiary/aromatic N) is 3. The third-order valence-electron chi connectivity index (χ3n) is 3.62. The van der Waals surface area contributed by atoms with Gasteiger partial charge in [0.15, 0.2) is 5.16 Å². The molecule has 2 aromatic rings. The number of aromatic nitrogens is 3. The number of ether oxygens (including phenoxy) is 1. The quantitative estimate of drug-likeness (QED) is 0.730. The van der Waals surface area contributed by atoms with Crippen LogP contribution >= 0.6 is 11.8 Å². The Kier molecular flexibility index (Phi) is 6.58. The highest BCUT2D eigenvalue weighted by molar-refractivity contribution is 7.98. The number of carbonyl (C=O) groups excluding carboxylic acids is 1. The fraction of sp³-hybridized carbons (Fsp3) is 0.412. The van der Waals surface area contributed by atoms with Gasteiger partial charge in [-0.2, -0.15) is 15.0 Å². The van der Waals surface area contributed by atoms with Crippen molar-refractivity contribution in [3.8, 4) is 5.75 Å². The number of amides is 1. The van der Waals surface area contributed by atoms with Crippen molar-refractivity contribution in [3.63, 3.8) is 0 Å². The van der Waals surface area contributed by atoms with E-state index in [2.05, 4.69) is 38.6 Å². The maximum absolute atomic E-state index is 11.3. The van der Waals surface area contributed by atoms with Crippen LogP contribution in [-0.4, -0.2) is 34.2 Å². The van der Waals surface area contributed by atoms with E-state index < -0.39 is 0 Å². The summed E-state index contributed by atoms with van der Waals surface area (Å²) >= 11 is 1.39. The van der Waals surface area contributed by atoms with Gasteiger partial charge in [-0.3, -0.25) is 10.1 Å². The number of rotatable bonds is 7. The number of thioether (sulfide) groups is 1. The normalized spacial score (nSPS) is 11.7. The van der Waals surface area contributed by atoms with Crippen LogP contribution in [0.2, 0.25) is 0 Å². The molecule has 2 rings (SSSR count). The smallest absolute Gasteiger partial charge is 0.235 e. The molecular formula is C17H23N5O2S. The standard InChI is InChI=1S/C17H23N5O2S/c1-6-13(12-7-8-14(24-4)10(2)9-12)19-16-20-15(18-11(3)23)21-17(22-16)25-5/h7-9,13H,6H2,1-5H3,(H2,18,19,20,21,22,23). The van der Waals surface area contributed by atoms with E-state index in [9.17, 15) is 4.79 Å². The first-order valence-corrected chi connectivity index (χ1v) is 9.18. The van der Waals surface area contributed by atoms with Gasteiger partial charge in [0.1, 0.15) is 5.75 Å². The molecule has 1 unspecified atom stereocenters. The van der Waals surface area contributed by atoms with E-state index >= 15 is 0 Å². The zero-order chi connectivity index (χ0) is 18.4. The van der Waals surface area contributed by atoms with E-state index in [1.807, 2.05) is 25.3 Å². The summed E-state index contributed by atoms with van der Waals surface area (Å²) in [5, 5.41) is 6.48. The maximum Gasteiger partial charge on any atom is 0.235 e. The van der Waals surface area contributed by atoms with Gasteiger partial charge in [0.2, 0.25) is 17.8 Å². The average Bonchev–Trinajstić information content (AvgIpc) is 2.58. The Morgan fingerprint density at radius 2 is 2.00 bits per heavy atom. The lowest BCUT2D eigenvalue weighted by atomic mass is 10.0. The molecule has 0 spiro atoms. The van der Waals surface area contributed by atoms with Gasteiger partial charge in [-0.05, 0) is 36.8 Å². The number of carbonyl (C=O) groups is 1. The van der Waals surface area contributed by atoms with Gasteiger partial charge in [0, 0.05) is 6.92 Å². The summed E-state index contributed by atoms with van der Waals surface area (Å²) in [5.74, 6) is 1.32. The lowest BCUT2D eigenvalue weighted by Crippen LogP contribution is -2.16. The molecule has 2 N–H and O–H groups in total. The summed E-state index contributed by atoms with van der Waals surface area (Å²) in [5.41, 5.74) is 2.19. The molecule has 0 fully saturated rings. The molecule has 7 nitrogen and oxygen atoms in total. The second kappa shape index (κ2) is 8.66. The molecule has 25 heavy (non-hydrogen) atoms. The third-order valence-corrected chi connectivity index (χ3v) is 4.17. The van der Waals surface area contributed by atoms with Crippen LogP contribution in [-0.2, 0) is 4.79 Å². The zero-order valence-corrected chi connectivity index (χ0v) is 15.9. The summed E-state index contributed by atoms with van der Waals surface area (Å²) in [4.78, 5) is 24.1. The fourth-order valence-corrected chi connectivity index (χ4v) is 2.78. The molecule has 0 aliphatic rings. The second-order valence-corrected chi connectivity index (χ2v) is 6.26. The van der Waals surface area contributed by atoms with Gasteiger partial charge in [0.25, 0.3) is 0 Å². The molecule has 1 aromatic heterocycles. The third kappa shape index (κ3) is 5.06. The van der Waals surface area contributed by atoms with E-state index in [-0.39, 0.29) is 17.9 Å². The van der Waals surface area contributed by atoms with Crippen LogP contribution in [0, 0.1) is 6.92 Å². The van der Waals surface area contributed by atoms with Gasteiger partial charge in [-0.1, -0.05) is 30.8 Å². The Bertz CT molecular complexity index is 754. The number of aryl methyl sites for hydroxylation is 1. The molecule has 0 aliphatic carbocycles. The lowest BCUT2D eigenvalue weighted by Gasteiger charge is -2.19. The molecule has 8 heteroatoms. The van der Waals surface area contributed by atoms with Crippen molar-refractivity contribution in [1.82, 2.24) is 15.0 Å². The highest BCUT2D eigenvalue weighted by Crippen LogP contribution is 2.27. The number of anilines is 2. The van der Waals surface area contributed by atoms with Gasteiger partial charge < -0.3 is 10.1 Å². The van der Waals surface area contributed by atoms with Crippen molar-refractivity contribution in [1.29, 1.82) is 0 Å². The summed E-state index contributed by atoms with van der Waals surface area (Å²) in [6.45, 7) is 5.52. The van der Waals surface area contributed by atoms with Crippen LogP contribution < -0.4 is 15.4 Å². The number of methoxy groups -OCH3 is 1. The number of hydrogen-bond donors (Lipinski definition) is 2. The van der Waals surface area contributed by atoms with E-state index in [1.165, 1.54) is 18.7 Å². The van der Waals surface area contributed by atoms with Crippen molar-refractivity contribution in [2.24, 2.45) is 0 Å². The molecule has 1 atom stereocenters. The predicted molar refractivity (Wildman–Crippen MR) is 100 cm³/mol. The number of benzene rings is 1. The van der Waals surface area contributed by atoms with Crippen LogP contribution in [0.25, 0.3) is 0 Å². The van der Waals surface area contributed by atoms with Gasteiger partial charge >= 0.3 is 0 Å². The van der Waals surface area contributed by atoms with Crippen LogP contribution in [0.3, 0.4) is 0 Å². The van der Waals surface area contributed by atoms with Crippen LogP contribution in [0.15, 0.2) is 23.4 Å². The minimum Gasteiger partial charge on any atom is -0.496 e. The van der Waals surface area contributed by atoms with Crippen LogP contribution in [0.5, 0.6) is 5.75 Å². The van der Waals surface area contributed by atoms with Gasteiger partial charge in [-0.25, -0.2) is 0 Å². The molecule has 0 saturated carbocycles. The first-order valence-electron chi connectivity index (χ1n) is 7.95. The lowest BCUT2D eigenvalue weighted by molar-refractivity contribution is -0.114. The minimum absolute atomic E-state index is 0.0342. The highest BCUT2D eigenvalue weighted by Gasteiger charge is 2.14. The highest BCUT2D eigenvalue weighted by atomic mass is 32.2. The summed E-state index contributed by atoms with van der Waals surface area (Å²) in [7, 11) is 1.66. The summed E-state index contributed by atoms with van der Waals surface area (Å²) in [6.07, 6.45) is 2.72. The average molecular weight is 361 g/mol. The molecular weight excluding hydrogens is 338 g/mol. The fourth-order valence-electron chi connectivity index (χ4n) is 2.42.